The van der Waals surface area contributed by atoms with E-state index in [0.717, 1.165) is 11.3 Å². The van der Waals surface area contributed by atoms with Crippen molar-refractivity contribution in [2.45, 2.75) is 19.4 Å². The first-order valence-electron chi connectivity index (χ1n) is 9.74. The molecule has 11 heteroatoms. The highest BCUT2D eigenvalue weighted by Crippen LogP contribution is 2.36. The molecule has 0 radical (unpaired) electrons. The van der Waals surface area contributed by atoms with Crippen molar-refractivity contribution in [2.75, 3.05) is 22.9 Å². The zero-order valence-corrected chi connectivity index (χ0v) is 17.0. The van der Waals surface area contributed by atoms with Crippen LogP contribution in [0.2, 0.25) is 0 Å². The number of carboxylic acid groups (broad SMARTS) is 1. The van der Waals surface area contributed by atoms with Crippen molar-refractivity contribution < 1.29 is 19.1 Å². The fraction of sp³-hybridized carbons (Fsp3) is 0.300. The highest BCUT2D eigenvalue weighted by molar-refractivity contribution is 7.17. The van der Waals surface area contributed by atoms with Gasteiger partial charge in [-0.3, -0.25) is 14.5 Å². The number of anilines is 2. The molecule has 1 fully saturated rings. The Balaban J connectivity index is 1.34. The monoisotopic (exact) mass is 440 g/mol. The molecule has 0 unspecified atom stereocenters. The number of fused-ring (bicyclic) bond motifs is 1. The Morgan fingerprint density at radius 1 is 1.16 bits per heavy atom. The van der Waals surface area contributed by atoms with Gasteiger partial charge in [-0.1, -0.05) is 0 Å². The summed E-state index contributed by atoms with van der Waals surface area (Å²) in [7, 11) is 0. The third kappa shape index (κ3) is 3.50. The molecule has 1 amide bonds. The van der Waals surface area contributed by atoms with Gasteiger partial charge in [-0.2, -0.15) is 4.39 Å². The number of aliphatic carboxylic acids is 1. The van der Waals surface area contributed by atoms with E-state index >= 15 is 0 Å². The van der Waals surface area contributed by atoms with E-state index in [1.165, 1.54) is 4.90 Å². The van der Waals surface area contributed by atoms with Crippen LogP contribution in [0.5, 0.6) is 0 Å². The number of carbonyl (C=O) groups is 2. The molecule has 9 nitrogen and oxygen atoms in total. The zero-order valence-electron chi connectivity index (χ0n) is 16.2. The van der Waals surface area contributed by atoms with E-state index in [9.17, 15) is 14.0 Å². The van der Waals surface area contributed by atoms with Gasteiger partial charge < -0.3 is 10.0 Å². The summed E-state index contributed by atoms with van der Waals surface area (Å²) >= 11 is 1.12. The first kappa shape index (κ1) is 19.5. The van der Waals surface area contributed by atoms with Crippen LogP contribution >= 0.6 is 11.3 Å². The Morgan fingerprint density at radius 2 is 1.90 bits per heavy atom. The predicted octanol–water partition coefficient (Wildman–Crippen LogP) is 2.60. The van der Waals surface area contributed by atoms with E-state index < -0.39 is 11.9 Å². The lowest BCUT2D eigenvalue weighted by atomic mass is 9.97. The van der Waals surface area contributed by atoms with Gasteiger partial charge in [-0.25, -0.2) is 19.9 Å². The van der Waals surface area contributed by atoms with Crippen LogP contribution in [0.25, 0.3) is 10.6 Å². The van der Waals surface area contributed by atoms with Crippen LogP contribution in [-0.4, -0.2) is 50.0 Å². The molecule has 2 aliphatic heterocycles. The van der Waals surface area contributed by atoms with Crippen LogP contribution < -0.4 is 9.80 Å². The number of aromatic nitrogens is 4. The first-order valence-corrected chi connectivity index (χ1v) is 10.6. The number of carboxylic acids is 1. The number of thiazole rings is 1. The van der Waals surface area contributed by atoms with Crippen LogP contribution in [0, 0.1) is 11.9 Å². The van der Waals surface area contributed by atoms with Crippen molar-refractivity contribution in [1.82, 2.24) is 19.9 Å². The average Bonchev–Trinajstić information content (AvgIpc) is 3.33. The van der Waals surface area contributed by atoms with E-state index in [4.69, 9.17) is 5.11 Å². The lowest BCUT2D eigenvalue weighted by Gasteiger charge is -2.31. The summed E-state index contributed by atoms with van der Waals surface area (Å²) in [6.45, 7) is 1.26. The van der Waals surface area contributed by atoms with Gasteiger partial charge in [0.25, 0.3) is 5.91 Å². The molecule has 0 aromatic carbocycles. The van der Waals surface area contributed by atoms with Gasteiger partial charge in [0.15, 0.2) is 0 Å². The maximum absolute atomic E-state index is 14.8. The fourth-order valence-electron chi connectivity index (χ4n) is 3.79. The summed E-state index contributed by atoms with van der Waals surface area (Å²) in [5.74, 6) is -1.30. The highest BCUT2D eigenvalue weighted by atomic mass is 32.1. The normalized spacial score (nSPS) is 16.6. The summed E-state index contributed by atoms with van der Waals surface area (Å²) < 4.78 is 14.8. The topological polar surface area (TPSA) is 112 Å². The largest absolute Gasteiger partial charge is 0.481 e. The number of amides is 1. The molecule has 5 heterocycles. The second-order valence-electron chi connectivity index (χ2n) is 7.34. The van der Waals surface area contributed by atoms with E-state index in [1.54, 1.807) is 30.6 Å². The minimum Gasteiger partial charge on any atom is -0.481 e. The van der Waals surface area contributed by atoms with Crippen molar-refractivity contribution in [2.24, 2.45) is 5.92 Å². The van der Waals surface area contributed by atoms with Gasteiger partial charge in [0, 0.05) is 25.5 Å². The van der Waals surface area contributed by atoms with Gasteiger partial charge in [0.05, 0.1) is 23.7 Å². The predicted molar refractivity (Wildman–Crippen MR) is 110 cm³/mol. The molecular formula is C20H17FN6O3S. The number of pyridine rings is 1. The van der Waals surface area contributed by atoms with Crippen molar-refractivity contribution >= 4 is 35.0 Å². The lowest BCUT2D eigenvalue weighted by molar-refractivity contribution is -0.142. The molecular weight excluding hydrogens is 423 g/mol. The van der Waals surface area contributed by atoms with Crippen molar-refractivity contribution in [3.8, 4) is 10.6 Å². The number of piperidine rings is 1. The Morgan fingerprint density at radius 3 is 2.55 bits per heavy atom. The van der Waals surface area contributed by atoms with Gasteiger partial charge in [-0.05, 0) is 31.0 Å². The smallest absolute Gasteiger partial charge is 0.306 e. The van der Waals surface area contributed by atoms with E-state index in [2.05, 4.69) is 19.9 Å². The fourth-order valence-corrected chi connectivity index (χ4v) is 4.83. The van der Waals surface area contributed by atoms with Gasteiger partial charge in [0.2, 0.25) is 11.9 Å². The number of hydrogen-bond donors (Lipinski definition) is 1. The first-order chi connectivity index (χ1) is 15.0. The number of carbonyl (C=O) groups excluding carboxylic acids is 1. The third-order valence-corrected chi connectivity index (χ3v) is 6.59. The number of hydrogen-bond acceptors (Lipinski definition) is 8. The van der Waals surface area contributed by atoms with Crippen LogP contribution in [0.4, 0.5) is 16.2 Å². The van der Waals surface area contributed by atoms with Crippen molar-refractivity contribution in [3.05, 3.63) is 47.1 Å². The van der Waals surface area contributed by atoms with Crippen molar-refractivity contribution in [3.63, 3.8) is 0 Å². The molecule has 0 bridgehead atoms. The summed E-state index contributed by atoms with van der Waals surface area (Å²) in [6.07, 6.45) is 4.13. The molecule has 0 spiro atoms. The minimum atomic E-state index is -0.794. The highest BCUT2D eigenvalue weighted by Gasteiger charge is 2.35. The quantitative estimate of drug-likeness (QED) is 0.616. The number of halogens is 1. The molecule has 3 aromatic heterocycles. The second kappa shape index (κ2) is 7.65. The Bertz CT molecular complexity index is 1160. The molecule has 2 aliphatic rings. The number of nitrogens with zero attached hydrogens (tertiary/aromatic N) is 6. The van der Waals surface area contributed by atoms with E-state index in [1.807, 2.05) is 4.90 Å². The maximum Gasteiger partial charge on any atom is 0.306 e. The molecule has 31 heavy (non-hydrogen) atoms. The summed E-state index contributed by atoms with van der Waals surface area (Å²) in [4.78, 5) is 44.3. The summed E-state index contributed by atoms with van der Waals surface area (Å²) in [5.41, 5.74) is 0.801. The Labute approximate surface area is 180 Å². The number of rotatable bonds is 4. The second-order valence-corrected chi connectivity index (χ2v) is 8.34. The molecule has 1 N–H and O–H groups in total. The standard InChI is InChI=1S/C20H17FN6O3S/c21-16-12(2-3-14(25-16)26-8-4-11(5-9-26)19(29)30)17-24-13-10-27(18(28)15(13)31-17)20-22-6-1-7-23-20/h1-3,6-7,11H,4-5,8-10H2,(H,29,30). The summed E-state index contributed by atoms with van der Waals surface area (Å²) in [5, 5.41) is 9.51. The molecule has 0 saturated carbocycles. The maximum atomic E-state index is 14.8. The molecule has 5 rings (SSSR count). The van der Waals surface area contributed by atoms with Crippen LogP contribution in [-0.2, 0) is 11.3 Å². The minimum absolute atomic E-state index is 0.235. The lowest BCUT2D eigenvalue weighted by Crippen LogP contribution is -2.36. The van der Waals surface area contributed by atoms with Crippen LogP contribution in [0.3, 0.4) is 0 Å². The molecule has 0 aliphatic carbocycles. The van der Waals surface area contributed by atoms with Crippen LogP contribution in [0.15, 0.2) is 30.6 Å². The molecule has 0 atom stereocenters. The Hall–Kier alpha value is -3.47. The van der Waals surface area contributed by atoms with E-state index in [0.29, 0.717) is 53.3 Å². The molecule has 1 saturated heterocycles. The third-order valence-electron chi connectivity index (χ3n) is 5.47. The molecule has 158 valence electrons. The average molecular weight is 440 g/mol. The molecule has 3 aromatic rings. The van der Waals surface area contributed by atoms with Gasteiger partial charge in [0.1, 0.15) is 15.7 Å². The van der Waals surface area contributed by atoms with Gasteiger partial charge >= 0.3 is 5.97 Å². The van der Waals surface area contributed by atoms with Gasteiger partial charge in [-0.15, -0.1) is 11.3 Å². The SMILES string of the molecule is O=C(O)C1CCN(c2ccc(-c3nc4c(s3)C(=O)N(c3ncccn3)C4)c(F)n2)CC1. The van der Waals surface area contributed by atoms with E-state index in [-0.39, 0.29) is 23.9 Å². The summed E-state index contributed by atoms with van der Waals surface area (Å²) in [6, 6.07) is 4.99. The zero-order chi connectivity index (χ0) is 21.5. The van der Waals surface area contributed by atoms with Crippen molar-refractivity contribution in [1.29, 1.82) is 0 Å². The Kier molecular flexibility index (Phi) is 4.81. The van der Waals surface area contributed by atoms with Crippen LogP contribution in [0.1, 0.15) is 28.2 Å².